The lowest BCUT2D eigenvalue weighted by Crippen LogP contribution is -2.23. The highest BCUT2D eigenvalue weighted by atomic mass is 35.5. The number of rotatable bonds is 5. The Kier molecular flexibility index (Phi) is 3.88. The molecule has 1 unspecified atom stereocenters. The molecule has 88 valence electrons. The van der Waals surface area contributed by atoms with E-state index in [0.717, 1.165) is 17.5 Å². The van der Waals surface area contributed by atoms with Crippen LogP contribution in [0.1, 0.15) is 43.4 Å². The quantitative estimate of drug-likeness (QED) is 0.813. The molecule has 16 heavy (non-hydrogen) atoms. The average Bonchev–Trinajstić information content (AvgIpc) is 3.08. The van der Waals surface area contributed by atoms with E-state index in [1.807, 2.05) is 6.07 Å². The molecule has 1 fully saturated rings. The summed E-state index contributed by atoms with van der Waals surface area (Å²) in [6.45, 7) is 5.39. The second-order valence-corrected chi connectivity index (χ2v) is 5.19. The van der Waals surface area contributed by atoms with Crippen molar-refractivity contribution in [1.29, 1.82) is 0 Å². The zero-order valence-corrected chi connectivity index (χ0v) is 10.8. The second-order valence-electron chi connectivity index (χ2n) is 4.78. The molecule has 1 aromatic carbocycles. The number of aryl methyl sites for hydroxylation is 1. The van der Waals surface area contributed by atoms with Gasteiger partial charge in [0.1, 0.15) is 0 Å². The Labute approximate surface area is 103 Å². The fraction of sp³-hybridized carbons (Fsp3) is 0.571. The second kappa shape index (κ2) is 5.20. The van der Waals surface area contributed by atoms with Crippen molar-refractivity contribution in [3.05, 3.63) is 34.3 Å². The first-order valence-electron chi connectivity index (χ1n) is 6.21. The molecule has 1 saturated carbocycles. The summed E-state index contributed by atoms with van der Waals surface area (Å²) in [4.78, 5) is 0. The van der Waals surface area contributed by atoms with Gasteiger partial charge in [-0.1, -0.05) is 30.7 Å². The van der Waals surface area contributed by atoms with Gasteiger partial charge in [-0.05, 0) is 55.8 Å². The molecule has 2 heteroatoms. The zero-order chi connectivity index (χ0) is 11.5. The maximum absolute atomic E-state index is 6.06. The van der Waals surface area contributed by atoms with Gasteiger partial charge in [0.05, 0.1) is 0 Å². The number of nitrogens with one attached hydrogen (secondary N) is 1. The first-order chi connectivity index (χ1) is 7.72. The van der Waals surface area contributed by atoms with Crippen LogP contribution in [-0.2, 0) is 0 Å². The van der Waals surface area contributed by atoms with E-state index in [9.17, 15) is 0 Å². The molecule has 1 nitrogen and oxygen atoms in total. The third kappa shape index (κ3) is 2.78. The lowest BCUT2D eigenvalue weighted by Gasteiger charge is -2.19. The van der Waals surface area contributed by atoms with Gasteiger partial charge in [0.2, 0.25) is 0 Å². The molecule has 0 aliphatic heterocycles. The van der Waals surface area contributed by atoms with E-state index >= 15 is 0 Å². The highest BCUT2D eigenvalue weighted by molar-refractivity contribution is 6.31. The Balaban J connectivity index is 2.14. The smallest absolute Gasteiger partial charge is 0.0435 e. The van der Waals surface area contributed by atoms with Crippen molar-refractivity contribution in [3.63, 3.8) is 0 Å². The molecule has 1 N–H and O–H groups in total. The molecule has 0 aromatic heterocycles. The van der Waals surface area contributed by atoms with Gasteiger partial charge >= 0.3 is 0 Å². The van der Waals surface area contributed by atoms with Crippen molar-refractivity contribution in [2.75, 3.05) is 6.54 Å². The Morgan fingerprint density at radius 3 is 2.75 bits per heavy atom. The molecule has 0 saturated heterocycles. The predicted octanol–water partition coefficient (Wildman–Crippen LogP) is 4.10. The highest BCUT2D eigenvalue weighted by Gasteiger charge is 2.31. The Hall–Kier alpha value is -0.530. The van der Waals surface area contributed by atoms with Gasteiger partial charge in [0.25, 0.3) is 0 Å². The lowest BCUT2D eigenvalue weighted by atomic mass is 10.0. The highest BCUT2D eigenvalue weighted by Crippen LogP contribution is 2.41. The van der Waals surface area contributed by atoms with Crippen LogP contribution >= 0.6 is 11.6 Å². The van der Waals surface area contributed by atoms with Crippen LogP contribution in [0.5, 0.6) is 0 Å². The van der Waals surface area contributed by atoms with E-state index in [1.165, 1.54) is 30.4 Å². The van der Waals surface area contributed by atoms with Crippen molar-refractivity contribution in [3.8, 4) is 0 Å². The third-order valence-electron chi connectivity index (χ3n) is 3.25. The SMILES string of the molecule is CCCNC(c1ccc(Cl)c(C)c1)C1CC1. The maximum Gasteiger partial charge on any atom is 0.0435 e. The van der Waals surface area contributed by atoms with Crippen molar-refractivity contribution in [1.82, 2.24) is 5.32 Å². The monoisotopic (exact) mass is 237 g/mol. The van der Waals surface area contributed by atoms with Crippen molar-refractivity contribution >= 4 is 11.6 Å². The number of halogens is 1. The largest absolute Gasteiger partial charge is 0.310 e. The van der Waals surface area contributed by atoms with Crippen LogP contribution in [0.4, 0.5) is 0 Å². The molecule has 1 aliphatic carbocycles. The van der Waals surface area contributed by atoms with Gasteiger partial charge in [-0.3, -0.25) is 0 Å². The van der Waals surface area contributed by atoms with Crippen LogP contribution in [0.2, 0.25) is 5.02 Å². The normalized spacial score (nSPS) is 17.4. The Bertz CT molecular complexity index is 358. The van der Waals surface area contributed by atoms with Gasteiger partial charge in [-0.25, -0.2) is 0 Å². The van der Waals surface area contributed by atoms with Gasteiger partial charge < -0.3 is 5.32 Å². The molecule has 1 aliphatic rings. The minimum Gasteiger partial charge on any atom is -0.310 e. The van der Waals surface area contributed by atoms with Crippen LogP contribution in [0.3, 0.4) is 0 Å². The van der Waals surface area contributed by atoms with Crippen molar-refractivity contribution in [2.45, 2.75) is 39.2 Å². The number of hydrogen-bond donors (Lipinski definition) is 1. The predicted molar refractivity (Wildman–Crippen MR) is 69.9 cm³/mol. The fourth-order valence-electron chi connectivity index (χ4n) is 2.15. The summed E-state index contributed by atoms with van der Waals surface area (Å²) < 4.78 is 0. The van der Waals surface area contributed by atoms with Crippen LogP contribution in [0, 0.1) is 12.8 Å². The van der Waals surface area contributed by atoms with Gasteiger partial charge in [-0.15, -0.1) is 0 Å². The fourth-order valence-corrected chi connectivity index (χ4v) is 2.26. The van der Waals surface area contributed by atoms with Crippen LogP contribution in [0.15, 0.2) is 18.2 Å². The van der Waals surface area contributed by atoms with E-state index < -0.39 is 0 Å². The summed E-state index contributed by atoms with van der Waals surface area (Å²) in [6, 6.07) is 6.96. The minimum atomic E-state index is 0.538. The Morgan fingerprint density at radius 1 is 1.44 bits per heavy atom. The summed E-state index contributed by atoms with van der Waals surface area (Å²) in [6.07, 6.45) is 3.92. The van der Waals surface area contributed by atoms with Gasteiger partial charge in [0, 0.05) is 11.1 Å². The first kappa shape index (κ1) is 11.9. The molecule has 1 aromatic rings. The molecular formula is C14H20ClN. The molecule has 0 amide bonds. The average molecular weight is 238 g/mol. The van der Waals surface area contributed by atoms with Crippen LogP contribution in [-0.4, -0.2) is 6.54 Å². The molecule has 0 heterocycles. The van der Waals surface area contributed by atoms with Crippen molar-refractivity contribution in [2.24, 2.45) is 5.92 Å². The molecule has 2 rings (SSSR count). The van der Waals surface area contributed by atoms with Crippen LogP contribution < -0.4 is 5.32 Å². The zero-order valence-electron chi connectivity index (χ0n) is 10.1. The van der Waals surface area contributed by atoms with E-state index in [-0.39, 0.29) is 0 Å². The van der Waals surface area contributed by atoms with Gasteiger partial charge in [0.15, 0.2) is 0 Å². The van der Waals surface area contributed by atoms with E-state index in [0.29, 0.717) is 6.04 Å². The number of benzene rings is 1. The molecule has 0 spiro atoms. The minimum absolute atomic E-state index is 0.538. The molecule has 0 radical (unpaired) electrons. The summed E-state index contributed by atoms with van der Waals surface area (Å²) in [5.74, 6) is 0.840. The first-order valence-corrected chi connectivity index (χ1v) is 6.59. The standard InChI is InChI=1S/C14H20ClN/c1-3-8-16-14(11-4-5-11)12-6-7-13(15)10(2)9-12/h6-7,9,11,14,16H,3-5,8H2,1-2H3. The summed E-state index contributed by atoms with van der Waals surface area (Å²) in [5, 5.41) is 4.52. The number of hydrogen-bond acceptors (Lipinski definition) is 1. The van der Waals surface area contributed by atoms with Crippen LogP contribution in [0.25, 0.3) is 0 Å². The third-order valence-corrected chi connectivity index (χ3v) is 3.67. The molecular weight excluding hydrogens is 218 g/mol. The summed E-state index contributed by atoms with van der Waals surface area (Å²) >= 11 is 6.06. The van der Waals surface area contributed by atoms with E-state index in [4.69, 9.17) is 11.6 Å². The van der Waals surface area contributed by atoms with E-state index in [2.05, 4.69) is 31.3 Å². The summed E-state index contributed by atoms with van der Waals surface area (Å²) in [5.41, 5.74) is 2.58. The maximum atomic E-state index is 6.06. The lowest BCUT2D eigenvalue weighted by molar-refractivity contribution is 0.481. The topological polar surface area (TPSA) is 12.0 Å². The summed E-state index contributed by atoms with van der Waals surface area (Å²) in [7, 11) is 0. The molecule has 0 bridgehead atoms. The van der Waals surface area contributed by atoms with Gasteiger partial charge in [-0.2, -0.15) is 0 Å². The van der Waals surface area contributed by atoms with E-state index in [1.54, 1.807) is 0 Å². The molecule has 1 atom stereocenters. The Morgan fingerprint density at radius 2 is 2.19 bits per heavy atom. The van der Waals surface area contributed by atoms with Crippen molar-refractivity contribution < 1.29 is 0 Å².